The number of nitrogens with one attached hydrogen (secondary N) is 1. The van der Waals surface area contributed by atoms with Crippen molar-refractivity contribution in [2.75, 3.05) is 20.2 Å². The van der Waals surface area contributed by atoms with Crippen molar-refractivity contribution in [3.8, 4) is 11.1 Å². The number of likely N-dealkylation sites (tertiary alicyclic amines) is 1. The van der Waals surface area contributed by atoms with Gasteiger partial charge < -0.3 is 10.1 Å². The van der Waals surface area contributed by atoms with E-state index < -0.39 is 0 Å². The average Bonchev–Trinajstić information content (AvgIpc) is 3.05. The molecule has 26 heavy (non-hydrogen) atoms. The van der Waals surface area contributed by atoms with Gasteiger partial charge in [0.2, 0.25) is 0 Å². The third-order valence-corrected chi connectivity index (χ3v) is 4.93. The Morgan fingerprint density at radius 1 is 1.15 bits per heavy atom. The van der Waals surface area contributed by atoms with Crippen molar-refractivity contribution in [1.29, 1.82) is 0 Å². The third-order valence-electron chi connectivity index (χ3n) is 4.93. The minimum absolute atomic E-state index is 0.0206. The van der Waals surface area contributed by atoms with Gasteiger partial charge in [-0.15, -0.1) is 0 Å². The van der Waals surface area contributed by atoms with Crippen LogP contribution in [0.3, 0.4) is 0 Å². The van der Waals surface area contributed by atoms with Gasteiger partial charge in [0.1, 0.15) is 5.82 Å². The van der Waals surface area contributed by atoms with Crippen LogP contribution in [-0.2, 0) is 4.74 Å². The van der Waals surface area contributed by atoms with E-state index in [9.17, 15) is 9.18 Å². The van der Waals surface area contributed by atoms with Crippen LogP contribution in [0.15, 0.2) is 48.5 Å². The lowest BCUT2D eigenvalue weighted by molar-refractivity contribution is 0.0753. The standard InChI is InChI=1S/C21H25FN2O2/c1-14(2)24-12-19(20(13-24)26-3)23-21(25)17-8-4-6-15(10-17)16-7-5-9-18(22)11-16/h4-11,14,19-20H,12-13H2,1-3H3,(H,23,25)/t19-,20-/m0/s1. The van der Waals surface area contributed by atoms with Crippen LogP contribution in [-0.4, -0.2) is 49.2 Å². The van der Waals surface area contributed by atoms with Crippen molar-refractivity contribution in [3.05, 3.63) is 59.9 Å². The predicted molar refractivity (Wildman–Crippen MR) is 101 cm³/mol. The fourth-order valence-electron chi connectivity index (χ4n) is 3.36. The minimum atomic E-state index is -0.292. The molecule has 5 heteroatoms. The quantitative estimate of drug-likeness (QED) is 0.893. The average molecular weight is 356 g/mol. The van der Waals surface area contributed by atoms with Crippen LogP contribution in [0.2, 0.25) is 0 Å². The number of nitrogens with zero attached hydrogens (tertiary/aromatic N) is 1. The first-order valence-electron chi connectivity index (χ1n) is 8.91. The lowest BCUT2D eigenvalue weighted by Crippen LogP contribution is -2.43. The van der Waals surface area contributed by atoms with E-state index in [-0.39, 0.29) is 23.9 Å². The number of benzene rings is 2. The number of carbonyl (C=O) groups excluding carboxylic acids is 1. The second-order valence-corrected chi connectivity index (χ2v) is 6.99. The Hall–Kier alpha value is -2.24. The molecule has 0 bridgehead atoms. The Morgan fingerprint density at radius 3 is 2.50 bits per heavy atom. The van der Waals surface area contributed by atoms with Crippen molar-refractivity contribution < 1.29 is 13.9 Å². The first-order chi connectivity index (χ1) is 12.5. The molecule has 138 valence electrons. The summed E-state index contributed by atoms with van der Waals surface area (Å²) in [5.74, 6) is -0.430. The number of ether oxygens (including phenoxy) is 1. The normalized spacial score (nSPS) is 20.5. The van der Waals surface area contributed by atoms with Crippen molar-refractivity contribution in [1.82, 2.24) is 10.2 Å². The lowest BCUT2D eigenvalue weighted by Gasteiger charge is -2.20. The van der Waals surface area contributed by atoms with Crippen LogP contribution in [0, 0.1) is 5.82 Å². The zero-order valence-corrected chi connectivity index (χ0v) is 15.4. The highest BCUT2D eigenvalue weighted by atomic mass is 19.1. The highest BCUT2D eigenvalue weighted by molar-refractivity contribution is 5.95. The molecule has 0 aliphatic carbocycles. The molecule has 1 saturated heterocycles. The number of carbonyl (C=O) groups is 1. The van der Waals surface area contributed by atoms with Gasteiger partial charge in [0, 0.05) is 31.8 Å². The molecular weight excluding hydrogens is 331 g/mol. The summed E-state index contributed by atoms with van der Waals surface area (Å²) in [5, 5.41) is 3.09. The summed E-state index contributed by atoms with van der Waals surface area (Å²) in [5.41, 5.74) is 2.13. The summed E-state index contributed by atoms with van der Waals surface area (Å²) in [4.78, 5) is 15.0. The number of hydrogen-bond acceptors (Lipinski definition) is 3. The maximum Gasteiger partial charge on any atom is 0.251 e. The van der Waals surface area contributed by atoms with Crippen molar-refractivity contribution in [3.63, 3.8) is 0 Å². The number of rotatable bonds is 5. The van der Waals surface area contributed by atoms with Gasteiger partial charge in [0.25, 0.3) is 5.91 Å². The SMILES string of the molecule is CO[C@H]1CN(C(C)C)C[C@@H]1NC(=O)c1cccc(-c2cccc(F)c2)c1. The van der Waals surface area contributed by atoms with Gasteiger partial charge in [0.05, 0.1) is 12.1 Å². The molecule has 1 aliphatic heterocycles. The summed E-state index contributed by atoms with van der Waals surface area (Å²) in [7, 11) is 1.68. The van der Waals surface area contributed by atoms with Crippen LogP contribution in [0.1, 0.15) is 24.2 Å². The fourth-order valence-corrected chi connectivity index (χ4v) is 3.36. The van der Waals surface area contributed by atoms with E-state index in [1.54, 1.807) is 25.3 Å². The Balaban J connectivity index is 1.75. The van der Waals surface area contributed by atoms with Crippen molar-refractivity contribution in [2.45, 2.75) is 32.0 Å². The molecule has 0 unspecified atom stereocenters. The predicted octanol–water partition coefficient (Wildman–Crippen LogP) is 3.33. The molecule has 1 amide bonds. The Morgan fingerprint density at radius 2 is 1.85 bits per heavy atom. The fraction of sp³-hybridized carbons (Fsp3) is 0.381. The molecule has 3 rings (SSSR count). The number of methoxy groups -OCH3 is 1. The zero-order chi connectivity index (χ0) is 18.7. The molecule has 1 aliphatic rings. The zero-order valence-electron chi connectivity index (χ0n) is 15.4. The lowest BCUT2D eigenvalue weighted by atomic mass is 10.0. The van der Waals surface area contributed by atoms with E-state index in [1.165, 1.54) is 12.1 Å². The number of halogens is 1. The molecule has 1 heterocycles. The number of hydrogen-bond donors (Lipinski definition) is 1. The summed E-state index contributed by atoms with van der Waals surface area (Å²) < 4.78 is 19.0. The van der Waals surface area contributed by atoms with Crippen molar-refractivity contribution in [2.24, 2.45) is 0 Å². The van der Waals surface area contributed by atoms with Crippen LogP contribution >= 0.6 is 0 Å². The molecule has 0 saturated carbocycles. The summed E-state index contributed by atoms with van der Waals surface area (Å²) in [6.45, 7) is 5.85. The summed E-state index contributed by atoms with van der Waals surface area (Å²) in [6, 6.07) is 14.0. The second kappa shape index (κ2) is 7.98. The highest BCUT2D eigenvalue weighted by Gasteiger charge is 2.35. The van der Waals surface area contributed by atoms with Crippen LogP contribution in [0.5, 0.6) is 0 Å². The molecule has 0 aromatic heterocycles. The minimum Gasteiger partial charge on any atom is -0.378 e. The first kappa shape index (κ1) is 18.5. The Bertz CT molecular complexity index is 778. The van der Waals surface area contributed by atoms with Gasteiger partial charge in [-0.25, -0.2) is 4.39 Å². The van der Waals surface area contributed by atoms with Crippen LogP contribution in [0.4, 0.5) is 4.39 Å². The summed E-state index contributed by atoms with van der Waals surface area (Å²) >= 11 is 0. The molecule has 0 radical (unpaired) electrons. The van der Waals surface area contributed by atoms with Gasteiger partial charge in [-0.05, 0) is 49.2 Å². The van der Waals surface area contributed by atoms with E-state index in [0.717, 1.165) is 24.2 Å². The first-order valence-corrected chi connectivity index (χ1v) is 8.91. The third kappa shape index (κ3) is 4.11. The van der Waals surface area contributed by atoms with E-state index >= 15 is 0 Å². The van der Waals surface area contributed by atoms with E-state index in [4.69, 9.17) is 4.74 Å². The molecule has 2 aromatic carbocycles. The van der Waals surface area contributed by atoms with Gasteiger partial charge in [-0.2, -0.15) is 0 Å². The molecule has 0 spiro atoms. The maximum atomic E-state index is 13.5. The smallest absolute Gasteiger partial charge is 0.251 e. The summed E-state index contributed by atoms with van der Waals surface area (Å²) in [6.07, 6.45) is -0.0206. The maximum absolute atomic E-state index is 13.5. The van der Waals surface area contributed by atoms with Gasteiger partial charge in [0.15, 0.2) is 0 Å². The molecular formula is C21H25FN2O2. The van der Waals surface area contributed by atoms with Gasteiger partial charge >= 0.3 is 0 Å². The van der Waals surface area contributed by atoms with Crippen LogP contribution < -0.4 is 5.32 Å². The highest BCUT2D eigenvalue weighted by Crippen LogP contribution is 2.22. The van der Waals surface area contributed by atoms with Crippen molar-refractivity contribution >= 4 is 5.91 Å². The Labute approximate surface area is 154 Å². The molecule has 2 aromatic rings. The van der Waals surface area contributed by atoms with E-state index in [2.05, 4.69) is 24.1 Å². The Kier molecular flexibility index (Phi) is 5.69. The van der Waals surface area contributed by atoms with Crippen LogP contribution in [0.25, 0.3) is 11.1 Å². The van der Waals surface area contributed by atoms with Gasteiger partial charge in [-0.3, -0.25) is 9.69 Å². The number of amides is 1. The molecule has 1 fully saturated rings. The van der Waals surface area contributed by atoms with E-state index in [0.29, 0.717) is 11.6 Å². The monoisotopic (exact) mass is 356 g/mol. The molecule has 4 nitrogen and oxygen atoms in total. The van der Waals surface area contributed by atoms with E-state index in [1.807, 2.05) is 18.2 Å². The molecule has 1 N–H and O–H groups in total. The second-order valence-electron chi connectivity index (χ2n) is 6.99. The van der Waals surface area contributed by atoms with Gasteiger partial charge in [-0.1, -0.05) is 24.3 Å². The topological polar surface area (TPSA) is 41.6 Å². The largest absolute Gasteiger partial charge is 0.378 e. The molecule has 2 atom stereocenters.